The van der Waals surface area contributed by atoms with E-state index in [2.05, 4.69) is 5.32 Å². The predicted octanol–water partition coefficient (Wildman–Crippen LogP) is 0.858. The van der Waals surface area contributed by atoms with E-state index < -0.39 is 12.1 Å². The van der Waals surface area contributed by atoms with Crippen LogP contribution < -0.4 is 5.32 Å². The van der Waals surface area contributed by atoms with Crippen LogP contribution in [0, 0.1) is 5.92 Å². The molecule has 2 N–H and O–H groups in total. The fourth-order valence-electron chi connectivity index (χ4n) is 4.04. The number of carbonyl (C=O) groups is 3. The first-order valence-corrected chi connectivity index (χ1v) is 9.61. The molecule has 3 fully saturated rings. The Hall–Kier alpha value is -1.88. The second-order valence-corrected chi connectivity index (χ2v) is 7.95. The molecule has 1 atom stereocenters. The molecule has 3 rings (SSSR count). The van der Waals surface area contributed by atoms with Gasteiger partial charge in [0.25, 0.3) is 0 Å². The molecule has 1 unspecified atom stereocenters. The number of aliphatic carboxylic acids is 1. The summed E-state index contributed by atoms with van der Waals surface area (Å²) in [5, 5.41) is 9.80. The topological polar surface area (TPSA) is 99.2 Å². The van der Waals surface area contributed by atoms with Crippen molar-refractivity contribution in [3.63, 3.8) is 0 Å². The molecule has 8 nitrogen and oxygen atoms in total. The highest BCUT2D eigenvalue weighted by Gasteiger charge is 2.51. The van der Waals surface area contributed by atoms with Crippen molar-refractivity contribution < 1.29 is 37.4 Å². The number of carbonyl (C=O) groups excluding carboxylic acids is 2. The van der Waals surface area contributed by atoms with Gasteiger partial charge in [-0.1, -0.05) is 12.8 Å². The molecule has 2 saturated heterocycles. The van der Waals surface area contributed by atoms with E-state index in [0.717, 1.165) is 0 Å². The molecule has 0 aromatic rings. The van der Waals surface area contributed by atoms with Crippen LogP contribution in [0.4, 0.5) is 13.2 Å². The van der Waals surface area contributed by atoms with Gasteiger partial charge >= 0.3 is 12.1 Å². The lowest BCUT2D eigenvalue weighted by Gasteiger charge is -2.54. The molecule has 166 valence electrons. The van der Waals surface area contributed by atoms with Gasteiger partial charge in [0, 0.05) is 20.0 Å². The summed E-state index contributed by atoms with van der Waals surface area (Å²) in [5.41, 5.74) is -0.259. The molecule has 0 bridgehead atoms. The minimum Gasteiger partial charge on any atom is -0.475 e. The van der Waals surface area contributed by atoms with E-state index >= 15 is 0 Å². The van der Waals surface area contributed by atoms with Crippen LogP contribution in [-0.2, 0) is 19.1 Å². The van der Waals surface area contributed by atoms with Gasteiger partial charge in [0.1, 0.15) is 11.6 Å². The minimum atomic E-state index is -5.08. The van der Waals surface area contributed by atoms with Crippen molar-refractivity contribution in [2.75, 3.05) is 40.3 Å². The van der Waals surface area contributed by atoms with E-state index in [4.69, 9.17) is 14.6 Å². The highest BCUT2D eigenvalue weighted by molar-refractivity contribution is 5.82. The van der Waals surface area contributed by atoms with Crippen molar-refractivity contribution in [2.24, 2.45) is 5.92 Å². The average Bonchev–Trinajstić information content (AvgIpc) is 3.11. The molecule has 0 radical (unpaired) electrons. The maximum absolute atomic E-state index is 12.3. The number of carboxylic acids is 1. The monoisotopic (exact) mass is 423 g/mol. The van der Waals surface area contributed by atoms with Crippen LogP contribution in [0.15, 0.2) is 0 Å². The van der Waals surface area contributed by atoms with Crippen molar-refractivity contribution in [1.82, 2.24) is 15.1 Å². The summed E-state index contributed by atoms with van der Waals surface area (Å²) in [6.07, 6.45) is 0.579. The van der Waals surface area contributed by atoms with Crippen molar-refractivity contribution in [3.8, 4) is 0 Å². The van der Waals surface area contributed by atoms with Crippen LogP contribution in [0.3, 0.4) is 0 Å². The van der Waals surface area contributed by atoms with Crippen LogP contribution >= 0.6 is 0 Å². The van der Waals surface area contributed by atoms with E-state index in [1.165, 1.54) is 25.7 Å². The molecule has 2 amide bonds. The average molecular weight is 423 g/mol. The quantitative estimate of drug-likeness (QED) is 0.699. The Labute approximate surface area is 167 Å². The summed E-state index contributed by atoms with van der Waals surface area (Å²) in [4.78, 5) is 36.9. The number of nitrogens with one attached hydrogen (secondary N) is 1. The number of amides is 2. The number of hydrogen-bond acceptors (Lipinski definition) is 5. The third-order valence-electron chi connectivity index (χ3n) is 5.66. The second-order valence-electron chi connectivity index (χ2n) is 7.95. The number of nitrogens with zero attached hydrogens (tertiary/aromatic N) is 2. The fourth-order valence-corrected chi connectivity index (χ4v) is 4.04. The number of likely N-dealkylation sites (N-methyl/N-ethyl adjacent to an activating group) is 2. The third kappa shape index (κ3) is 6.05. The molecule has 11 heteroatoms. The second kappa shape index (κ2) is 9.29. The zero-order valence-electron chi connectivity index (χ0n) is 16.6. The number of hydrogen-bond donors (Lipinski definition) is 2. The Morgan fingerprint density at radius 1 is 1.17 bits per heavy atom. The van der Waals surface area contributed by atoms with E-state index in [1.54, 1.807) is 7.05 Å². The van der Waals surface area contributed by atoms with Gasteiger partial charge in [0.2, 0.25) is 11.8 Å². The van der Waals surface area contributed by atoms with Crippen LogP contribution in [0.5, 0.6) is 0 Å². The first-order valence-electron chi connectivity index (χ1n) is 9.61. The van der Waals surface area contributed by atoms with Gasteiger partial charge in [-0.15, -0.1) is 0 Å². The van der Waals surface area contributed by atoms with Gasteiger partial charge in [-0.3, -0.25) is 14.5 Å². The van der Waals surface area contributed by atoms with Crippen LogP contribution in [-0.4, -0.2) is 90.8 Å². The maximum atomic E-state index is 12.3. The molecule has 1 spiro atoms. The van der Waals surface area contributed by atoms with Gasteiger partial charge < -0.3 is 20.1 Å². The van der Waals surface area contributed by atoms with E-state index in [-0.39, 0.29) is 23.5 Å². The third-order valence-corrected chi connectivity index (χ3v) is 5.66. The zero-order valence-corrected chi connectivity index (χ0v) is 16.6. The normalized spacial score (nSPS) is 24.4. The first-order chi connectivity index (χ1) is 13.5. The lowest BCUT2D eigenvalue weighted by atomic mass is 9.89. The van der Waals surface area contributed by atoms with Gasteiger partial charge in [0.15, 0.2) is 0 Å². The zero-order chi connectivity index (χ0) is 21.8. The van der Waals surface area contributed by atoms with Gasteiger partial charge in [-0.05, 0) is 25.8 Å². The number of morpholine rings is 1. The molecule has 0 aromatic carbocycles. The molecule has 1 saturated carbocycles. The standard InChI is InChI=1S/C16H27N3O3.C2HF3O2/c1-17-15(21)13-8-22-16(9-18(13)2)10-19(11-16)14(20)7-12-5-3-4-6-12;3-2(4,5)1(6)7/h12-13H,3-11H2,1-2H3,(H,17,21);(H,6,7). The highest BCUT2D eigenvalue weighted by atomic mass is 19.4. The Morgan fingerprint density at radius 2 is 1.72 bits per heavy atom. The Morgan fingerprint density at radius 3 is 2.17 bits per heavy atom. The summed E-state index contributed by atoms with van der Waals surface area (Å²) >= 11 is 0. The Kier molecular flexibility index (Phi) is 7.50. The highest BCUT2D eigenvalue weighted by Crippen LogP contribution is 2.33. The number of ether oxygens (including phenoxy) is 1. The summed E-state index contributed by atoms with van der Waals surface area (Å²) in [6.45, 7) is 2.45. The van der Waals surface area contributed by atoms with E-state index in [1.807, 2.05) is 16.8 Å². The largest absolute Gasteiger partial charge is 0.490 e. The Bertz CT molecular complexity index is 616. The van der Waals surface area contributed by atoms with Crippen molar-refractivity contribution in [3.05, 3.63) is 0 Å². The number of likely N-dealkylation sites (tertiary alicyclic amines) is 1. The molecule has 29 heavy (non-hydrogen) atoms. The maximum Gasteiger partial charge on any atom is 0.490 e. The molecule has 1 aliphatic carbocycles. The molecule has 3 aliphatic rings. The van der Waals surface area contributed by atoms with Crippen LogP contribution in [0.1, 0.15) is 32.1 Å². The van der Waals surface area contributed by atoms with Crippen molar-refractivity contribution >= 4 is 17.8 Å². The van der Waals surface area contributed by atoms with Gasteiger partial charge in [-0.25, -0.2) is 4.79 Å². The van der Waals surface area contributed by atoms with Crippen LogP contribution in [0.2, 0.25) is 0 Å². The molecular formula is C18H28F3N3O5. The predicted molar refractivity (Wildman–Crippen MR) is 96.0 cm³/mol. The first kappa shape index (κ1) is 23.4. The lowest BCUT2D eigenvalue weighted by molar-refractivity contribution is -0.201. The van der Waals surface area contributed by atoms with Crippen molar-refractivity contribution in [1.29, 1.82) is 0 Å². The number of rotatable bonds is 3. The summed E-state index contributed by atoms with van der Waals surface area (Å²) in [6, 6.07) is -0.223. The summed E-state index contributed by atoms with van der Waals surface area (Å²) < 4.78 is 37.7. The number of carboxylic acid groups (broad SMARTS) is 1. The molecule has 0 aromatic heterocycles. The summed E-state index contributed by atoms with van der Waals surface area (Å²) in [5.74, 6) is -1.90. The van der Waals surface area contributed by atoms with E-state index in [9.17, 15) is 22.8 Å². The minimum absolute atomic E-state index is 0.00848. The Balaban J connectivity index is 0.000000370. The summed E-state index contributed by atoms with van der Waals surface area (Å²) in [7, 11) is 3.60. The molecular weight excluding hydrogens is 395 g/mol. The van der Waals surface area contributed by atoms with Crippen LogP contribution in [0.25, 0.3) is 0 Å². The van der Waals surface area contributed by atoms with E-state index in [0.29, 0.717) is 38.6 Å². The molecule has 2 aliphatic heterocycles. The van der Waals surface area contributed by atoms with Gasteiger partial charge in [-0.2, -0.15) is 13.2 Å². The smallest absolute Gasteiger partial charge is 0.475 e. The number of halogens is 3. The van der Waals surface area contributed by atoms with Gasteiger partial charge in [0.05, 0.1) is 19.7 Å². The number of alkyl halides is 3. The lowest BCUT2D eigenvalue weighted by Crippen LogP contribution is -2.73. The van der Waals surface area contributed by atoms with Crippen molar-refractivity contribution in [2.45, 2.75) is 49.9 Å². The fraction of sp³-hybridized carbons (Fsp3) is 0.833. The SMILES string of the molecule is CNC(=O)C1COC2(CN(C(=O)CC3CCCC3)C2)CN1C.O=C(O)C(F)(F)F. The molecule has 2 heterocycles.